The summed E-state index contributed by atoms with van der Waals surface area (Å²) in [5.74, 6) is -2.11. The minimum Gasteiger partial charge on any atom is -0.508 e. The Morgan fingerprint density at radius 3 is 2.17 bits per heavy atom. The molecule has 0 aliphatic carbocycles. The monoisotopic (exact) mass is 578 g/mol. The Hall–Kier alpha value is -4.88. The van der Waals surface area contributed by atoms with Crippen molar-refractivity contribution in [3.63, 3.8) is 0 Å². The van der Waals surface area contributed by atoms with Gasteiger partial charge in [-0.15, -0.1) is 0 Å². The summed E-state index contributed by atoms with van der Waals surface area (Å²) in [5, 5.41) is 72.0. The number of aromatic hydroxyl groups is 4. The van der Waals surface area contributed by atoms with Gasteiger partial charge < -0.3 is 49.6 Å². The highest BCUT2D eigenvalue weighted by Crippen LogP contribution is 2.44. The van der Waals surface area contributed by atoms with E-state index in [9.17, 15) is 45.3 Å². The van der Waals surface area contributed by atoms with E-state index in [1.807, 2.05) is 0 Å². The summed E-state index contributed by atoms with van der Waals surface area (Å²) in [6.45, 7) is -0.576. The molecule has 4 aromatic rings. The van der Waals surface area contributed by atoms with Gasteiger partial charge in [0.05, 0.1) is 5.56 Å². The lowest BCUT2D eigenvalue weighted by atomic mass is 9.89. The zero-order chi connectivity index (χ0) is 30.1. The standard InChI is InChI=1S/C30H26O12/c31-16-6-1-14(2-7-16)3-10-23(35)40-13-22-26(36)28(38)29(39)30(42-22)25-19(34)12-21-24(27(25)37)18(33)11-20(41-21)15-4-8-17(32)9-5-15/h1-12,22,26,28-32,34,36-39H,13H2/b10-3+/t22-,26-,28+,29-,30+/m1/s1. The maximum atomic E-state index is 13.0. The molecule has 5 rings (SSSR count). The molecular formula is C30H26O12. The van der Waals surface area contributed by atoms with Crippen LogP contribution >= 0.6 is 0 Å². The molecule has 1 aliphatic heterocycles. The summed E-state index contributed by atoms with van der Waals surface area (Å²) < 4.78 is 16.5. The van der Waals surface area contributed by atoms with Crippen LogP contribution in [-0.4, -0.2) is 72.7 Å². The molecule has 0 amide bonds. The first-order chi connectivity index (χ1) is 20.0. The van der Waals surface area contributed by atoms with Crippen molar-refractivity contribution in [1.82, 2.24) is 0 Å². The molecule has 42 heavy (non-hydrogen) atoms. The number of fused-ring (bicyclic) bond motifs is 1. The van der Waals surface area contributed by atoms with Crippen LogP contribution in [0.25, 0.3) is 28.4 Å². The number of ether oxygens (including phenoxy) is 2. The number of carbonyl (C=O) groups excluding carboxylic acids is 1. The number of aliphatic hydroxyl groups excluding tert-OH is 3. The van der Waals surface area contributed by atoms with E-state index in [1.165, 1.54) is 42.5 Å². The molecule has 2 heterocycles. The van der Waals surface area contributed by atoms with Gasteiger partial charge in [0.25, 0.3) is 0 Å². The average Bonchev–Trinajstić information content (AvgIpc) is 2.96. The summed E-state index contributed by atoms with van der Waals surface area (Å²) in [5.41, 5.74) is -0.308. The molecule has 1 aliphatic rings. The highest BCUT2D eigenvalue weighted by atomic mass is 16.6. The first kappa shape index (κ1) is 28.6. The van der Waals surface area contributed by atoms with Gasteiger partial charge in [-0.3, -0.25) is 4.79 Å². The summed E-state index contributed by atoms with van der Waals surface area (Å²) in [7, 11) is 0. The number of hydrogen-bond donors (Lipinski definition) is 7. The van der Waals surface area contributed by atoms with Crippen molar-refractivity contribution < 1.29 is 54.4 Å². The van der Waals surface area contributed by atoms with E-state index in [4.69, 9.17) is 13.9 Å². The molecule has 12 nitrogen and oxygen atoms in total. The third-order valence-corrected chi connectivity index (χ3v) is 6.85. The average molecular weight is 579 g/mol. The number of aliphatic hydroxyl groups is 3. The Kier molecular flexibility index (Phi) is 7.87. The predicted molar refractivity (Wildman–Crippen MR) is 147 cm³/mol. The second-order valence-electron chi connectivity index (χ2n) is 9.67. The van der Waals surface area contributed by atoms with Gasteiger partial charge in [0, 0.05) is 23.8 Å². The van der Waals surface area contributed by atoms with E-state index in [0.717, 1.165) is 18.2 Å². The van der Waals surface area contributed by atoms with Crippen molar-refractivity contribution in [2.75, 3.05) is 6.61 Å². The molecule has 0 radical (unpaired) electrons. The molecule has 1 saturated heterocycles. The van der Waals surface area contributed by atoms with Gasteiger partial charge in [-0.05, 0) is 48.0 Å². The molecule has 0 bridgehead atoms. The molecule has 1 aromatic heterocycles. The van der Waals surface area contributed by atoms with E-state index < -0.39 is 65.6 Å². The van der Waals surface area contributed by atoms with Crippen molar-refractivity contribution in [2.24, 2.45) is 0 Å². The highest BCUT2D eigenvalue weighted by Gasteiger charge is 2.46. The highest BCUT2D eigenvalue weighted by molar-refractivity contribution is 5.88. The van der Waals surface area contributed by atoms with Gasteiger partial charge in [-0.1, -0.05) is 12.1 Å². The van der Waals surface area contributed by atoms with E-state index >= 15 is 0 Å². The fourth-order valence-corrected chi connectivity index (χ4v) is 4.64. The molecule has 5 atom stereocenters. The first-order valence-corrected chi connectivity index (χ1v) is 12.7. The Morgan fingerprint density at radius 1 is 0.857 bits per heavy atom. The lowest BCUT2D eigenvalue weighted by Gasteiger charge is -2.40. The molecule has 0 unspecified atom stereocenters. The molecule has 12 heteroatoms. The Balaban J connectivity index is 1.40. The van der Waals surface area contributed by atoms with E-state index in [1.54, 1.807) is 12.1 Å². The van der Waals surface area contributed by atoms with Crippen LogP contribution < -0.4 is 5.43 Å². The quantitative estimate of drug-likeness (QED) is 0.130. The lowest BCUT2D eigenvalue weighted by molar-refractivity contribution is -0.234. The number of carbonyl (C=O) groups is 1. The number of hydrogen-bond acceptors (Lipinski definition) is 12. The maximum Gasteiger partial charge on any atom is 0.330 e. The van der Waals surface area contributed by atoms with Crippen molar-refractivity contribution in [3.8, 4) is 34.3 Å². The van der Waals surface area contributed by atoms with Crippen molar-refractivity contribution in [3.05, 3.63) is 88.1 Å². The Labute approximate surface area is 237 Å². The largest absolute Gasteiger partial charge is 0.508 e. The van der Waals surface area contributed by atoms with E-state index in [0.29, 0.717) is 11.1 Å². The van der Waals surface area contributed by atoms with Crippen molar-refractivity contribution in [2.45, 2.75) is 30.5 Å². The van der Waals surface area contributed by atoms with Crippen LogP contribution in [0.1, 0.15) is 17.2 Å². The fourth-order valence-electron chi connectivity index (χ4n) is 4.64. The van der Waals surface area contributed by atoms with Gasteiger partial charge in [-0.25, -0.2) is 4.79 Å². The van der Waals surface area contributed by atoms with Gasteiger partial charge >= 0.3 is 5.97 Å². The minimum atomic E-state index is -1.86. The fraction of sp³-hybridized carbons (Fsp3) is 0.200. The van der Waals surface area contributed by atoms with Gasteiger partial charge in [0.15, 0.2) is 5.43 Å². The zero-order valence-corrected chi connectivity index (χ0v) is 21.7. The summed E-state index contributed by atoms with van der Waals surface area (Å²) in [6, 6.07) is 13.9. The van der Waals surface area contributed by atoms with Gasteiger partial charge in [0.1, 0.15) is 76.9 Å². The predicted octanol–water partition coefficient (Wildman–Crippen LogP) is 2.06. The lowest BCUT2D eigenvalue weighted by Crippen LogP contribution is -2.55. The number of phenols is 4. The number of benzene rings is 3. The third-order valence-electron chi connectivity index (χ3n) is 6.85. The Bertz CT molecular complexity index is 1690. The molecule has 0 saturated carbocycles. The van der Waals surface area contributed by atoms with Crippen molar-refractivity contribution >= 4 is 23.0 Å². The van der Waals surface area contributed by atoms with Crippen LogP contribution in [0.5, 0.6) is 23.0 Å². The van der Waals surface area contributed by atoms with Crippen molar-refractivity contribution in [1.29, 1.82) is 0 Å². The van der Waals surface area contributed by atoms with Crippen LogP contribution in [-0.2, 0) is 14.3 Å². The van der Waals surface area contributed by atoms with Crippen LogP contribution in [0.4, 0.5) is 0 Å². The maximum absolute atomic E-state index is 13.0. The summed E-state index contributed by atoms with van der Waals surface area (Å²) in [4.78, 5) is 25.2. The number of phenolic OH excluding ortho intramolecular Hbond substituents is 4. The van der Waals surface area contributed by atoms with E-state index in [2.05, 4.69) is 0 Å². The van der Waals surface area contributed by atoms with Crippen LogP contribution in [0.15, 0.2) is 76.0 Å². The Morgan fingerprint density at radius 2 is 1.50 bits per heavy atom. The second-order valence-corrected chi connectivity index (χ2v) is 9.67. The number of rotatable bonds is 6. The molecule has 3 aromatic carbocycles. The van der Waals surface area contributed by atoms with Gasteiger partial charge in [0.2, 0.25) is 0 Å². The molecular weight excluding hydrogens is 552 g/mol. The van der Waals surface area contributed by atoms with E-state index in [-0.39, 0.29) is 28.2 Å². The normalized spacial score (nSPS) is 22.4. The number of esters is 1. The first-order valence-electron chi connectivity index (χ1n) is 12.7. The van der Waals surface area contributed by atoms with Crippen LogP contribution in [0.3, 0.4) is 0 Å². The summed E-state index contributed by atoms with van der Waals surface area (Å²) >= 11 is 0. The third kappa shape index (κ3) is 5.64. The van der Waals surface area contributed by atoms with Crippen LogP contribution in [0, 0.1) is 0 Å². The zero-order valence-electron chi connectivity index (χ0n) is 21.7. The topological polar surface area (TPSA) is 207 Å². The molecule has 0 spiro atoms. The summed E-state index contributed by atoms with van der Waals surface area (Å²) in [6.07, 6.45) is -5.96. The minimum absolute atomic E-state index is 0.00113. The smallest absolute Gasteiger partial charge is 0.330 e. The van der Waals surface area contributed by atoms with Crippen LogP contribution in [0.2, 0.25) is 0 Å². The molecule has 7 N–H and O–H groups in total. The molecule has 218 valence electrons. The SMILES string of the molecule is O=C(/C=C/c1ccc(O)cc1)OC[C@H]1O[C@@H](c2c(O)cc3oc(-c4ccc(O)cc4)cc(=O)c3c2O)[C@H](O)[C@@H](O)[C@@H]1O. The molecule has 1 fully saturated rings. The second kappa shape index (κ2) is 11.5. The van der Waals surface area contributed by atoms with Gasteiger partial charge in [-0.2, -0.15) is 0 Å².